The zero-order valence-corrected chi connectivity index (χ0v) is 12.9. The number of fused-ring (bicyclic) bond motifs is 1. The predicted molar refractivity (Wildman–Crippen MR) is 86.9 cm³/mol. The van der Waals surface area contributed by atoms with Crippen LogP contribution in [0, 0.1) is 0 Å². The summed E-state index contributed by atoms with van der Waals surface area (Å²) in [6.07, 6.45) is 4.28. The molecule has 3 rings (SSSR count). The summed E-state index contributed by atoms with van der Waals surface area (Å²) < 4.78 is 5.54. The second-order valence-corrected chi connectivity index (χ2v) is 5.81. The van der Waals surface area contributed by atoms with Gasteiger partial charge in [-0.05, 0) is 44.0 Å². The molecule has 0 aliphatic carbocycles. The number of nitrogens with one attached hydrogen (secondary N) is 3. The smallest absolute Gasteiger partial charge is 0.252 e. The molecule has 2 aromatic rings. The Labute approximate surface area is 130 Å². The van der Waals surface area contributed by atoms with Gasteiger partial charge in [0.1, 0.15) is 5.60 Å². The van der Waals surface area contributed by atoms with Crippen LogP contribution in [0.25, 0.3) is 10.9 Å². The van der Waals surface area contributed by atoms with Crippen LogP contribution >= 0.6 is 0 Å². The van der Waals surface area contributed by atoms with Gasteiger partial charge in [0.15, 0.2) is 0 Å². The van der Waals surface area contributed by atoms with Crippen molar-refractivity contribution >= 4 is 16.8 Å². The van der Waals surface area contributed by atoms with Crippen LogP contribution < -0.4 is 10.6 Å². The third-order valence-corrected chi connectivity index (χ3v) is 4.57. The Hall–Kier alpha value is -1.85. The number of amides is 1. The second kappa shape index (κ2) is 6.50. The molecule has 0 saturated carbocycles. The summed E-state index contributed by atoms with van der Waals surface area (Å²) in [6.45, 7) is 2.27. The minimum Gasteiger partial charge on any atom is -0.368 e. The number of hydrogen-bond donors (Lipinski definition) is 3. The van der Waals surface area contributed by atoms with Crippen LogP contribution in [0.3, 0.4) is 0 Å². The van der Waals surface area contributed by atoms with E-state index in [0.29, 0.717) is 6.54 Å². The van der Waals surface area contributed by atoms with Gasteiger partial charge in [-0.3, -0.25) is 4.79 Å². The molecule has 0 unspecified atom stereocenters. The average Bonchev–Trinajstić information content (AvgIpc) is 2.99. The van der Waals surface area contributed by atoms with Crippen molar-refractivity contribution in [3.63, 3.8) is 0 Å². The van der Waals surface area contributed by atoms with Gasteiger partial charge in [-0.25, -0.2) is 0 Å². The minimum absolute atomic E-state index is 0.0105. The molecule has 1 fully saturated rings. The minimum atomic E-state index is -0.661. The van der Waals surface area contributed by atoms with E-state index in [1.807, 2.05) is 18.3 Å². The molecule has 0 radical (unpaired) electrons. The molecule has 1 aromatic heterocycles. The second-order valence-electron chi connectivity index (χ2n) is 5.81. The molecule has 118 valence electrons. The maximum Gasteiger partial charge on any atom is 0.252 e. The third-order valence-electron chi connectivity index (χ3n) is 4.57. The van der Waals surface area contributed by atoms with Crippen molar-refractivity contribution < 1.29 is 9.53 Å². The molecule has 1 amide bonds. The summed E-state index contributed by atoms with van der Waals surface area (Å²) in [5.74, 6) is 0.0105. The first-order valence-electron chi connectivity index (χ1n) is 7.84. The lowest BCUT2D eigenvalue weighted by Gasteiger charge is -2.34. The molecule has 1 aliphatic heterocycles. The number of carbonyl (C=O) groups is 1. The molecule has 1 aliphatic rings. The molecule has 0 bridgehead atoms. The number of piperidine rings is 1. The molecule has 1 aromatic carbocycles. The van der Waals surface area contributed by atoms with E-state index in [1.165, 1.54) is 10.9 Å². The lowest BCUT2D eigenvalue weighted by Crippen LogP contribution is -2.54. The van der Waals surface area contributed by atoms with Gasteiger partial charge in [0.2, 0.25) is 0 Å². The number of benzene rings is 1. The van der Waals surface area contributed by atoms with Crippen molar-refractivity contribution in [2.24, 2.45) is 0 Å². The van der Waals surface area contributed by atoms with E-state index in [-0.39, 0.29) is 5.91 Å². The number of para-hydroxylation sites is 1. The summed E-state index contributed by atoms with van der Waals surface area (Å²) >= 11 is 0. The number of hydrogen-bond acceptors (Lipinski definition) is 3. The maximum atomic E-state index is 12.5. The lowest BCUT2D eigenvalue weighted by molar-refractivity contribution is -0.146. The van der Waals surface area contributed by atoms with Gasteiger partial charge in [0.25, 0.3) is 5.91 Å². The topological polar surface area (TPSA) is 66.1 Å². The quantitative estimate of drug-likeness (QED) is 0.786. The van der Waals surface area contributed by atoms with Gasteiger partial charge in [-0.15, -0.1) is 0 Å². The Morgan fingerprint density at radius 3 is 2.86 bits per heavy atom. The Kier molecular flexibility index (Phi) is 4.45. The fraction of sp³-hybridized carbons (Fsp3) is 0.471. The van der Waals surface area contributed by atoms with Crippen LogP contribution in [0.4, 0.5) is 0 Å². The van der Waals surface area contributed by atoms with E-state index >= 15 is 0 Å². The number of methoxy groups -OCH3 is 1. The van der Waals surface area contributed by atoms with Crippen LogP contribution in [0.5, 0.6) is 0 Å². The van der Waals surface area contributed by atoms with Crippen molar-refractivity contribution in [1.29, 1.82) is 0 Å². The first-order valence-corrected chi connectivity index (χ1v) is 7.84. The van der Waals surface area contributed by atoms with Crippen molar-refractivity contribution in [2.75, 3.05) is 26.7 Å². The number of carbonyl (C=O) groups excluding carboxylic acids is 1. The summed E-state index contributed by atoms with van der Waals surface area (Å²) in [7, 11) is 1.63. The first-order chi connectivity index (χ1) is 10.7. The zero-order chi connectivity index (χ0) is 15.4. The predicted octanol–water partition coefficient (Wildman–Crippen LogP) is 1.60. The fourth-order valence-electron chi connectivity index (χ4n) is 3.16. The molecular weight excluding hydrogens is 278 g/mol. The van der Waals surface area contributed by atoms with E-state index in [4.69, 9.17) is 4.74 Å². The average molecular weight is 301 g/mol. The molecule has 1 saturated heterocycles. The maximum absolute atomic E-state index is 12.5. The highest BCUT2D eigenvalue weighted by Crippen LogP contribution is 2.23. The SMILES string of the molecule is COC1(C(=O)NCCc2c[nH]c3ccccc23)CCNCC1. The monoisotopic (exact) mass is 301 g/mol. The van der Waals surface area contributed by atoms with Gasteiger partial charge in [0, 0.05) is 30.8 Å². The van der Waals surface area contributed by atoms with Crippen LogP contribution in [0.2, 0.25) is 0 Å². The first kappa shape index (κ1) is 15.1. The lowest BCUT2D eigenvalue weighted by atomic mass is 9.91. The van der Waals surface area contributed by atoms with E-state index in [0.717, 1.165) is 37.9 Å². The van der Waals surface area contributed by atoms with Crippen LogP contribution in [0.1, 0.15) is 18.4 Å². The van der Waals surface area contributed by atoms with Crippen LogP contribution in [-0.4, -0.2) is 43.2 Å². The van der Waals surface area contributed by atoms with Crippen molar-refractivity contribution in [1.82, 2.24) is 15.6 Å². The van der Waals surface area contributed by atoms with Gasteiger partial charge in [-0.1, -0.05) is 18.2 Å². The number of aromatic nitrogens is 1. The molecule has 3 N–H and O–H groups in total. The van der Waals surface area contributed by atoms with Crippen molar-refractivity contribution in [3.05, 3.63) is 36.0 Å². The molecule has 5 nitrogen and oxygen atoms in total. The highest BCUT2D eigenvalue weighted by atomic mass is 16.5. The Morgan fingerprint density at radius 2 is 2.09 bits per heavy atom. The summed E-state index contributed by atoms with van der Waals surface area (Å²) in [5, 5.41) is 7.53. The van der Waals surface area contributed by atoms with Crippen LogP contribution in [0.15, 0.2) is 30.5 Å². The number of aromatic amines is 1. The largest absolute Gasteiger partial charge is 0.368 e. The number of H-pyrrole nitrogens is 1. The molecule has 0 atom stereocenters. The summed E-state index contributed by atoms with van der Waals surface area (Å²) in [4.78, 5) is 15.7. The summed E-state index contributed by atoms with van der Waals surface area (Å²) in [5.41, 5.74) is 1.70. The highest BCUT2D eigenvalue weighted by Gasteiger charge is 2.39. The van der Waals surface area contributed by atoms with Gasteiger partial charge < -0.3 is 20.4 Å². The highest BCUT2D eigenvalue weighted by molar-refractivity contribution is 5.86. The molecule has 0 spiro atoms. The molecule has 22 heavy (non-hydrogen) atoms. The zero-order valence-electron chi connectivity index (χ0n) is 12.9. The number of ether oxygens (including phenoxy) is 1. The van der Waals surface area contributed by atoms with Crippen molar-refractivity contribution in [2.45, 2.75) is 24.9 Å². The van der Waals surface area contributed by atoms with E-state index in [2.05, 4.69) is 27.8 Å². The van der Waals surface area contributed by atoms with E-state index in [9.17, 15) is 4.79 Å². The Balaban J connectivity index is 1.59. The summed E-state index contributed by atoms with van der Waals surface area (Å²) in [6, 6.07) is 8.22. The third kappa shape index (κ3) is 2.87. The van der Waals surface area contributed by atoms with Gasteiger partial charge >= 0.3 is 0 Å². The Morgan fingerprint density at radius 1 is 1.32 bits per heavy atom. The van der Waals surface area contributed by atoms with E-state index in [1.54, 1.807) is 7.11 Å². The van der Waals surface area contributed by atoms with Crippen molar-refractivity contribution in [3.8, 4) is 0 Å². The van der Waals surface area contributed by atoms with E-state index < -0.39 is 5.60 Å². The van der Waals surface area contributed by atoms with Gasteiger partial charge in [-0.2, -0.15) is 0 Å². The van der Waals surface area contributed by atoms with Crippen LogP contribution in [-0.2, 0) is 16.0 Å². The standard InChI is InChI=1S/C17H23N3O2/c1-22-17(7-10-18-11-8-17)16(21)19-9-6-13-12-20-15-5-3-2-4-14(13)15/h2-5,12,18,20H,6-11H2,1H3,(H,19,21). The fourth-order valence-corrected chi connectivity index (χ4v) is 3.16. The normalized spacial score (nSPS) is 17.5. The molecule has 2 heterocycles. The molecular formula is C17H23N3O2. The Bertz CT molecular complexity index is 644. The van der Waals surface area contributed by atoms with Gasteiger partial charge in [0.05, 0.1) is 0 Å². The number of rotatable bonds is 5. The molecule has 5 heteroatoms.